The zero-order valence-electron chi connectivity index (χ0n) is 12.1. The molecular formula is C13H18F3N5O. The van der Waals surface area contributed by atoms with E-state index >= 15 is 0 Å². The number of alkyl halides is 3. The Morgan fingerprint density at radius 2 is 2.14 bits per heavy atom. The molecule has 0 unspecified atom stereocenters. The Labute approximate surface area is 126 Å². The second kappa shape index (κ2) is 8.85. The first-order chi connectivity index (χ1) is 10.4. The highest BCUT2D eigenvalue weighted by Gasteiger charge is 2.26. The molecule has 0 saturated carbocycles. The molecule has 122 valence electrons. The summed E-state index contributed by atoms with van der Waals surface area (Å²) in [4.78, 5) is 19.4. The fourth-order valence-electron chi connectivity index (χ4n) is 1.45. The lowest BCUT2D eigenvalue weighted by Crippen LogP contribution is -2.39. The molecule has 22 heavy (non-hydrogen) atoms. The normalized spacial score (nSPS) is 11.9. The van der Waals surface area contributed by atoms with E-state index in [-0.39, 0.29) is 25.0 Å². The fourth-order valence-corrected chi connectivity index (χ4v) is 1.45. The van der Waals surface area contributed by atoms with Crippen LogP contribution >= 0.6 is 0 Å². The van der Waals surface area contributed by atoms with E-state index in [4.69, 9.17) is 0 Å². The molecule has 3 N–H and O–H groups in total. The maximum absolute atomic E-state index is 12.1. The highest BCUT2D eigenvalue weighted by molar-refractivity contribution is 5.93. The summed E-state index contributed by atoms with van der Waals surface area (Å²) in [7, 11) is 0. The lowest BCUT2D eigenvalue weighted by atomic mass is 10.4. The largest absolute Gasteiger partial charge is 0.390 e. The van der Waals surface area contributed by atoms with E-state index in [1.165, 1.54) is 6.20 Å². The molecule has 1 amide bonds. The van der Waals surface area contributed by atoms with E-state index in [0.717, 1.165) is 0 Å². The van der Waals surface area contributed by atoms with Crippen LogP contribution in [-0.2, 0) is 4.79 Å². The van der Waals surface area contributed by atoms with Crippen molar-refractivity contribution in [2.24, 2.45) is 4.99 Å². The molecule has 0 bridgehead atoms. The summed E-state index contributed by atoms with van der Waals surface area (Å²) in [6, 6.07) is 3.34. The van der Waals surface area contributed by atoms with Crippen LogP contribution in [0.1, 0.15) is 13.3 Å². The van der Waals surface area contributed by atoms with Crippen molar-refractivity contribution >= 4 is 17.6 Å². The molecule has 0 radical (unpaired) electrons. The monoisotopic (exact) mass is 317 g/mol. The van der Waals surface area contributed by atoms with Gasteiger partial charge in [-0.25, -0.2) is 4.99 Å². The average molecular weight is 317 g/mol. The Morgan fingerprint density at radius 1 is 1.36 bits per heavy atom. The Kier molecular flexibility index (Phi) is 7.14. The van der Waals surface area contributed by atoms with Gasteiger partial charge in [0.2, 0.25) is 5.91 Å². The van der Waals surface area contributed by atoms with E-state index < -0.39 is 12.6 Å². The molecule has 0 atom stereocenters. The van der Waals surface area contributed by atoms with Gasteiger partial charge in [-0.2, -0.15) is 13.2 Å². The first-order valence-electron chi connectivity index (χ1n) is 6.69. The number of carbonyl (C=O) groups excluding carboxylic acids is 1. The van der Waals surface area contributed by atoms with E-state index in [2.05, 4.69) is 25.9 Å². The third-order valence-corrected chi connectivity index (χ3v) is 2.37. The number of amides is 1. The van der Waals surface area contributed by atoms with Crippen molar-refractivity contribution in [2.75, 3.05) is 25.0 Å². The molecule has 0 fully saturated rings. The van der Waals surface area contributed by atoms with Crippen LogP contribution in [-0.4, -0.2) is 42.7 Å². The number of pyridine rings is 1. The molecule has 1 aromatic rings. The van der Waals surface area contributed by atoms with Gasteiger partial charge in [0.25, 0.3) is 0 Å². The second-order valence-corrected chi connectivity index (χ2v) is 4.28. The van der Waals surface area contributed by atoms with Crippen molar-refractivity contribution in [3.8, 4) is 0 Å². The third kappa shape index (κ3) is 8.08. The van der Waals surface area contributed by atoms with Crippen LogP contribution in [0.4, 0.5) is 18.9 Å². The number of hydrogen-bond acceptors (Lipinski definition) is 3. The van der Waals surface area contributed by atoms with Gasteiger partial charge in [-0.15, -0.1) is 0 Å². The van der Waals surface area contributed by atoms with Gasteiger partial charge >= 0.3 is 6.18 Å². The van der Waals surface area contributed by atoms with Crippen molar-refractivity contribution in [3.63, 3.8) is 0 Å². The Bertz CT molecular complexity index is 490. The maximum atomic E-state index is 12.1. The van der Waals surface area contributed by atoms with E-state index in [1.807, 2.05) is 0 Å². The first kappa shape index (κ1) is 17.7. The van der Waals surface area contributed by atoms with Crippen molar-refractivity contribution in [2.45, 2.75) is 19.5 Å². The van der Waals surface area contributed by atoms with Crippen LogP contribution < -0.4 is 16.0 Å². The average Bonchev–Trinajstić information content (AvgIpc) is 2.44. The summed E-state index contributed by atoms with van der Waals surface area (Å²) in [6.07, 6.45) is -2.16. The summed E-state index contributed by atoms with van der Waals surface area (Å²) >= 11 is 0. The number of rotatable bonds is 6. The number of hydrogen-bond donors (Lipinski definition) is 3. The Hall–Kier alpha value is -2.32. The fraction of sp³-hybridized carbons (Fsp3) is 0.462. The van der Waals surface area contributed by atoms with Crippen LogP contribution in [0.3, 0.4) is 0 Å². The zero-order valence-corrected chi connectivity index (χ0v) is 12.1. The lowest BCUT2D eigenvalue weighted by molar-refractivity contribution is -0.132. The van der Waals surface area contributed by atoms with Gasteiger partial charge in [-0.1, -0.05) is 0 Å². The second-order valence-electron chi connectivity index (χ2n) is 4.28. The number of guanidine groups is 1. The molecule has 0 saturated heterocycles. The minimum absolute atomic E-state index is 0.160. The van der Waals surface area contributed by atoms with E-state index in [9.17, 15) is 18.0 Å². The summed E-state index contributed by atoms with van der Waals surface area (Å²) in [5, 5.41) is 7.87. The van der Waals surface area contributed by atoms with Crippen molar-refractivity contribution < 1.29 is 18.0 Å². The van der Waals surface area contributed by atoms with Crippen molar-refractivity contribution in [3.05, 3.63) is 24.5 Å². The van der Waals surface area contributed by atoms with Gasteiger partial charge in [0.1, 0.15) is 6.54 Å². The van der Waals surface area contributed by atoms with Crippen LogP contribution in [0.25, 0.3) is 0 Å². The van der Waals surface area contributed by atoms with Gasteiger partial charge in [-0.05, 0) is 19.1 Å². The number of carbonyl (C=O) groups is 1. The van der Waals surface area contributed by atoms with Gasteiger partial charge in [-0.3, -0.25) is 9.78 Å². The van der Waals surface area contributed by atoms with E-state index in [0.29, 0.717) is 12.2 Å². The Morgan fingerprint density at radius 3 is 2.73 bits per heavy atom. The minimum atomic E-state index is -4.23. The predicted octanol–water partition coefficient (Wildman–Crippen LogP) is 1.53. The van der Waals surface area contributed by atoms with Crippen LogP contribution in [0.15, 0.2) is 29.5 Å². The highest BCUT2D eigenvalue weighted by atomic mass is 19.4. The lowest BCUT2D eigenvalue weighted by Gasteiger charge is -2.12. The maximum Gasteiger partial charge on any atom is 0.390 e. The molecule has 1 heterocycles. The molecule has 0 aliphatic rings. The zero-order chi connectivity index (χ0) is 16.4. The third-order valence-electron chi connectivity index (χ3n) is 2.37. The Balaban J connectivity index is 2.45. The summed E-state index contributed by atoms with van der Waals surface area (Å²) < 4.78 is 36.2. The molecule has 0 aromatic carbocycles. The van der Waals surface area contributed by atoms with Crippen LogP contribution in [0, 0.1) is 0 Å². The number of halogens is 3. The van der Waals surface area contributed by atoms with Gasteiger partial charge in [0.05, 0.1) is 18.3 Å². The summed E-state index contributed by atoms with van der Waals surface area (Å²) in [5.41, 5.74) is 0.526. The van der Waals surface area contributed by atoms with Crippen LogP contribution in [0.5, 0.6) is 0 Å². The molecule has 0 aliphatic heterocycles. The molecule has 1 aromatic heterocycles. The SMILES string of the molecule is CCNC(=NCC(=O)Nc1cccnc1)NCCC(F)(F)F. The molecule has 0 aliphatic carbocycles. The standard InChI is InChI=1S/C13H18F3N5O/c1-2-18-12(19-7-5-13(14,15)16)20-9-11(22)21-10-4-3-6-17-8-10/h3-4,6,8H,2,5,7,9H2,1H3,(H,21,22)(H2,18,19,20). The molecular weight excluding hydrogens is 299 g/mol. The summed E-state index contributed by atoms with van der Waals surface area (Å²) in [5.74, 6) is -0.228. The topological polar surface area (TPSA) is 78.4 Å². The number of aromatic nitrogens is 1. The van der Waals surface area contributed by atoms with E-state index in [1.54, 1.807) is 25.3 Å². The molecule has 1 rings (SSSR count). The smallest absolute Gasteiger partial charge is 0.357 e. The number of anilines is 1. The number of nitrogens with zero attached hydrogens (tertiary/aromatic N) is 2. The molecule has 0 spiro atoms. The number of aliphatic imine (C=N–C) groups is 1. The van der Waals surface area contributed by atoms with Gasteiger partial charge < -0.3 is 16.0 Å². The van der Waals surface area contributed by atoms with Crippen LogP contribution in [0.2, 0.25) is 0 Å². The molecule has 6 nitrogen and oxygen atoms in total. The minimum Gasteiger partial charge on any atom is -0.357 e. The van der Waals surface area contributed by atoms with Gasteiger partial charge in [0, 0.05) is 19.3 Å². The van der Waals surface area contributed by atoms with Crippen molar-refractivity contribution in [1.29, 1.82) is 0 Å². The molecule has 9 heteroatoms. The van der Waals surface area contributed by atoms with Gasteiger partial charge in [0.15, 0.2) is 5.96 Å². The summed E-state index contributed by atoms with van der Waals surface area (Å²) in [6.45, 7) is 1.73. The van der Waals surface area contributed by atoms with Crippen molar-refractivity contribution in [1.82, 2.24) is 15.6 Å². The quantitative estimate of drug-likeness (QED) is 0.549. The highest BCUT2D eigenvalue weighted by Crippen LogP contribution is 2.17. The predicted molar refractivity (Wildman–Crippen MR) is 77.5 cm³/mol. The first-order valence-corrected chi connectivity index (χ1v) is 6.69. The number of nitrogens with one attached hydrogen (secondary N) is 3.